The Morgan fingerprint density at radius 2 is 2.04 bits per heavy atom. The highest BCUT2D eigenvalue weighted by atomic mass is 16.6. The third-order valence-corrected chi connectivity index (χ3v) is 4.48. The van der Waals surface area contributed by atoms with Gasteiger partial charge in [0, 0.05) is 19.2 Å². The van der Waals surface area contributed by atoms with Gasteiger partial charge in [-0.2, -0.15) is 5.26 Å². The fraction of sp³-hybridized carbons (Fsp3) is 0.588. The zero-order valence-electron chi connectivity index (χ0n) is 13.8. The smallest absolute Gasteiger partial charge is 0.306 e. The Morgan fingerprint density at radius 1 is 1.35 bits per heavy atom. The monoisotopic (exact) mass is 318 g/mol. The molecule has 2 atom stereocenters. The lowest BCUT2D eigenvalue weighted by atomic mass is 9.99. The summed E-state index contributed by atoms with van der Waals surface area (Å²) in [6.45, 7) is 3.51. The first-order valence-corrected chi connectivity index (χ1v) is 7.82. The van der Waals surface area contributed by atoms with Crippen molar-refractivity contribution in [3.63, 3.8) is 0 Å². The van der Waals surface area contributed by atoms with Crippen LogP contribution < -0.4 is 5.56 Å². The third kappa shape index (κ3) is 3.80. The van der Waals surface area contributed by atoms with Crippen molar-refractivity contribution in [1.82, 2.24) is 4.98 Å². The highest BCUT2D eigenvalue weighted by molar-refractivity contribution is 5.70. The lowest BCUT2D eigenvalue weighted by molar-refractivity contribution is -0.154. The van der Waals surface area contributed by atoms with Crippen LogP contribution in [-0.2, 0) is 20.7 Å². The molecule has 0 bridgehead atoms. The van der Waals surface area contributed by atoms with E-state index in [0.717, 1.165) is 24.8 Å². The Hall–Kier alpha value is -2.13. The van der Waals surface area contributed by atoms with Crippen LogP contribution in [0.1, 0.15) is 48.1 Å². The molecule has 0 radical (unpaired) electrons. The van der Waals surface area contributed by atoms with Gasteiger partial charge in [0.05, 0.1) is 6.10 Å². The number of nitrogens with zero attached hydrogens (tertiary/aromatic N) is 1. The van der Waals surface area contributed by atoms with Crippen LogP contribution >= 0.6 is 0 Å². The molecule has 1 aliphatic rings. The van der Waals surface area contributed by atoms with Crippen molar-refractivity contribution in [2.45, 2.75) is 58.2 Å². The molecule has 124 valence electrons. The number of methoxy groups -OCH3 is 1. The van der Waals surface area contributed by atoms with Crippen molar-refractivity contribution >= 4 is 5.97 Å². The van der Waals surface area contributed by atoms with Gasteiger partial charge in [-0.05, 0) is 50.7 Å². The SMILES string of the molecule is CO[C@H]1CCC[C@H]1OC(=O)CCc1c(C)[nH]c(=O)c(C#N)c1C. The van der Waals surface area contributed by atoms with Crippen LogP contribution in [0, 0.1) is 25.2 Å². The van der Waals surface area contributed by atoms with Gasteiger partial charge in [-0.15, -0.1) is 0 Å². The minimum atomic E-state index is -0.386. The maximum Gasteiger partial charge on any atom is 0.306 e. The highest BCUT2D eigenvalue weighted by Crippen LogP contribution is 2.25. The van der Waals surface area contributed by atoms with Crippen LogP contribution in [0.2, 0.25) is 0 Å². The molecule has 23 heavy (non-hydrogen) atoms. The summed E-state index contributed by atoms with van der Waals surface area (Å²) in [7, 11) is 1.63. The highest BCUT2D eigenvalue weighted by Gasteiger charge is 2.30. The minimum Gasteiger partial charge on any atom is -0.460 e. The van der Waals surface area contributed by atoms with E-state index in [1.54, 1.807) is 21.0 Å². The zero-order valence-corrected chi connectivity index (χ0v) is 13.8. The summed E-state index contributed by atoms with van der Waals surface area (Å²) >= 11 is 0. The molecule has 1 N–H and O–H groups in total. The minimum absolute atomic E-state index is 0.0132. The summed E-state index contributed by atoms with van der Waals surface area (Å²) in [5.41, 5.74) is 1.87. The number of aryl methyl sites for hydroxylation is 1. The van der Waals surface area contributed by atoms with Gasteiger partial charge >= 0.3 is 5.97 Å². The topological polar surface area (TPSA) is 92.2 Å². The van der Waals surface area contributed by atoms with Crippen molar-refractivity contribution in [1.29, 1.82) is 5.26 Å². The van der Waals surface area contributed by atoms with Gasteiger partial charge in [0.15, 0.2) is 0 Å². The van der Waals surface area contributed by atoms with Gasteiger partial charge in [0.2, 0.25) is 0 Å². The van der Waals surface area contributed by atoms with Gasteiger partial charge < -0.3 is 14.5 Å². The van der Waals surface area contributed by atoms with Gasteiger partial charge in [0.1, 0.15) is 17.7 Å². The summed E-state index contributed by atoms with van der Waals surface area (Å²) in [5.74, 6) is -0.276. The van der Waals surface area contributed by atoms with Crippen molar-refractivity contribution in [3.05, 3.63) is 32.7 Å². The number of hydrogen-bond acceptors (Lipinski definition) is 5. The number of hydrogen-bond donors (Lipinski definition) is 1. The van der Waals surface area contributed by atoms with Gasteiger partial charge in [-0.3, -0.25) is 9.59 Å². The number of carbonyl (C=O) groups excluding carboxylic acids is 1. The number of nitriles is 1. The number of H-pyrrole nitrogens is 1. The van der Waals surface area contributed by atoms with E-state index >= 15 is 0 Å². The van der Waals surface area contributed by atoms with Crippen LogP contribution in [0.15, 0.2) is 4.79 Å². The lowest BCUT2D eigenvalue weighted by Gasteiger charge is -2.19. The number of esters is 1. The normalized spacial score (nSPS) is 20.3. The Labute approximate surface area is 135 Å². The fourth-order valence-electron chi connectivity index (χ4n) is 3.17. The predicted octanol–water partition coefficient (Wildman–Crippen LogP) is 1.91. The molecule has 0 unspecified atom stereocenters. The molecule has 1 saturated carbocycles. The van der Waals surface area contributed by atoms with Crippen molar-refractivity contribution in [2.24, 2.45) is 0 Å². The molecule has 6 heteroatoms. The van der Waals surface area contributed by atoms with E-state index in [-0.39, 0.29) is 35.7 Å². The second-order valence-electron chi connectivity index (χ2n) is 5.90. The summed E-state index contributed by atoms with van der Waals surface area (Å²) in [6, 6.07) is 1.91. The van der Waals surface area contributed by atoms with Gasteiger partial charge in [-0.25, -0.2) is 0 Å². The molecule has 1 heterocycles. The Bertz CT molecular complexity index is 687. The lowest BCUT2D eigenvalue weighted by Crippen LogP contribution is -2.28. The summed E-state index contributed by atoms with van der Waals surface area (Å²) in [4.78, 5) is 26.4. The third-order valence-electron chi connectivity index (χ3n) is 4.48. The Balaban J connectivity index is 2.02. The second-order valence-corrected chi connectivity index (χ2v) is 5.90. The largest absolute Gasteiger partial charge is 0.460 e. The van der Waals surface area contributed by atoms with Crippen LogP contribution in [0.3, 0.4) is 0 Å². The molecule has 0 amide bonds. The average molecular weight is 318 g/mol. The maximum atomic E-state index is 12.1. The van der Waals surface area contributed by atoms with Gasteiger partial charge in [-0.1, -0.05) is 0 Å². The molecule has 1 fully saturated rings. The number of aromatic nitrogens is 1. The van der Waals surface area contributed by atoms with E-state index in [2.05, 4.69) is 4.98 Å². The van der Waals surface area contributed by atoms with Crippen LogP contribution in [0.4, 0.5) is 0 Å². The summed E-state index contributed by atoms with van der Waals surface area (Å²) in [6.07, 6.45) is 3.22. The van der Waals surface area contributed by atoms with Crippen LogP contribution in [0.25, 0.3) is 0 Å². The molecule has 0 spiro atoms. The molecule has 1 aromatic rings. The number of aromatic amines is 1. The van der Waals surface area contributed by atoms with Crippen LogP contribution in [0.5, 0.6) is 0 Å². The molecule has 2 rings (SSSR count). The van der Waals surface area contributed by atoms with Gasteiger partial charge in [0.25, 0.3) is 5.56 Å². The second kappa shape index (κ2) is 7.42. The fourth-order valence-corrected chi connectivity index (χ4v) is 3.17. The van der Waals surface area contributed by atoms with E-state index in [0.29, 0.717) is 17.7 Å². The first kappa shape index (κ1) is 17.2. The molecule has 6 nitrogen and oxygen atoms in total. The molecular weight excluding hydrogens is 296 g/mol. The quantitative estimate of drug-likeness (QED) is 0.837. The number of carbonyl (C=O) groups is 1. The average Bonchev–Trinajstić information content (AvgIpc) is 2.94. The first-order chi connectivity index (χ1) is 11.0. The number of ether oxygens (including phenoxy) is 2. The predicted molar refractivity (Wildman–Crippen MR) is 84.1 cm³/mol. The summed E-state index contributed by atoms with van der Waals surface area (Å²) in [5, 5.41) is 9.06. The van der Waals surface area contributed by atoms with E-state index in [4.69, 9.17) is 14.7 Å². The molecule has 1 aromatic heterocycles. The molecule has 0 saturated heterocycles. The Kier molecular flexibility index (Phi) is 5.56. The standard InChI is InChI=1S/C17H22N2O4/c1-10-12(11(2)19-17(21)13(10)9-18)7-8-16(20)23-15-6-4-5-14(15)22-3/h14-15H,4-8H2,1-3H3,(H,19,21)/t14-,15+/m0/s1. The molecule has 0 aromatic carbocycles. The van der Waals surface area contributed by atoms with E-state index in [1.165, 1.54) is 0 Å². The van der Waals surface area contributed by atoms with Crippen molar-refractivity contribution < 1.29 is 14.3 Å². The molecular formula is C17H22N2O4. The number of rotatable bonds is 5. The summed E-state index contributed by atoms with van der Waals surface area (Å²) < 4.78 is 10.8. The van der Waals surface area contributed by atoms with Crippen molar-refractivity contribution in [2.75, 3.05) is 7.11 Å². The Morgan fingerprint density at radius 3 is 2.70 bits per heavy atom. The van der Waals surface area contributed by atoms with Crippen LogP contribution in [-0.4, -0.2) is 30.3 Å². The number of nitrogens with one attached hydrogen (secondary N) is 1. The van der Waals surface area contributed by atoms with E-state index < -0.39 is 0 Å². The first-order valence-electron chi connectivity index (χ1n) is 7.82. The molecule has 0 aliphatic heterocycles. The number of pyridine rings is 1. The van der Waals surface area contributed by atoms with E-state index in [1.807, 2.05) is 6.07 Å². The van der Waals surface area contributed by atoms with E-state index in [9.17, 15) is 9.59 Å². The zero-order chi connectivity index (χ0) is 17.0. The maximum absolute atomic E-state index is 12.1. The molecule has 1 aliphatic carbocycles. The van der Waals surface area contributed by atoms with Crippen molar-refractivity contribution in [3.8, 4) is 6.07 Å².